The molecular weight excluding hydrogens is 390 g/mol. The summed E-state index contributed by atoms with van der Waals surface area (Å²) in [4.78, 5) is 0.173. The van der Waals surface area contributed by atoms with Crippen LogP contribution < -0.4 is 9.47 Å². The molecule has 3 aromatic rings. The predicted octanol–water partition coefficient (Wildman–Crippen LogP) is 2.36. The van der Waals surface area contributed by atoms with E-state index < -0.39 is 19.9 Å². The number of fused-ring (bicyclic) bond motifs is 2. The van der Waals surface area contributed by atoms with Gasteiger partial charge in [-0.05, 0) is 42.8 Å². The van der Waals surface area contributed by atoms with E-state index in [-0.39, 0.29) is 9.79 Å². The van der Waals surface area contributed by atoms with Crippen molar-refractivity contribution in [1.82, 2.24) is 3.97 Å². The molecule has 0 N–H and O–H groups in total. The van der Waals surface area contributed by atoms with Crippen LogP contribution in [0.4, 0.5) is 0 Å². The van der Waals surface area contributed by atoms with Gasteiger partial charge in [0, 0.05) is 17.6 Å². The molecule has 0 bridgehead atoms. The predicted molar refractivity (Wildman–Crippen MR) is 99.8 cm³/mol. The number of sulfone groups is 1. The van der Waals surface area contributed by atoms with Gasteiger partial charge in [0.15, 0.2) is 11.5 Å². The van der Waals surface area contributed by atoms with E-state index in [0.717, 1.165) is 10.2 Å². The SMILES string of the molecule is Cc1cn(S(C)(=O)=O)c2ccc(S(=O)(=O)c3ccc4c(c3)OCCO4)cc12. The second-order valence-corrected chi connectivity index (χ2v) is 10.2. The molecule has 9 heteroatoms. The first kappa shape index (κ1) is 17.9. The average Bonchev–Trinajstić information content (AvgIpc) is 2.98. The number of hydrogen-bond acceptors (Lipinski definition) is 6. The fraction of sp³-hybridized carbons (Fsp3) is 0.222. The summed E-state index contributed by atoms with van der Waals surface area (Å²) < 4.78 is 62.0. The molecule has 0 spiro atoms. The summed E-state index contributed by atoms with van der Waals surface area (Å²) in [5.74, 6) is 0.902. The molecule has 142 valence electrons. The highest BCUT2D eigenvalue weighted by molar-refractivity contribution is 7.91. The molecule has 1 aliphatic heterocycles. The highest BCUT2D eigenvalue weighted by atomic mass is 32.2. The third-order valence-corrected chi connectivity index (χ3v) is 7.20. The largest absolute Gasteiger partial charge is 0.486 e. The molecule has 0 atom stereocenters. The number of benzene rings is 2. The molecule has 27 heavy (non-hydrogen) atoms. The first-order valence-electron chi connectivity index (χ1n) is 8.15. The highest BCUT2D eigenvalue weighted by Gasteiger charge is 2.23. The van der Waals surface area contributed by atoms with E-state index in [4.69, 9.17) is 9.47 Å². The van der Waals surface area contributed by atoms with Crippen LogP contribution in [0.3, 0.4) is 0 Å². The summed E-state index contributed by atoms with van der Waals surface area (Å²) in [5.41, 5.74) is 1.12. The first-order valence-corrected chi connectivity index (χ1v) is 11.5. The van der Waals surface area contributed by atoms with Crippen molar-refractivity contribution in [3.63, 3.8) is 0 Å². The monoisotopic (exact) mass is 407 g/mol. The summed E-state index contributed by atoms with van der Waals surface area (Å²) >= 11 is 0. The minimum absolute atomic E-state index is 0.0843. The third-order valence-electron chi connectivity index (χ3n) is 4.43. The van der Waals surface area contributed by atoms with Crippen molar-refractivity contribution < 1.29 is 26.3 Å². The quantitative estimate of drug-likeness (QED) is 0.662. The molecule has 0 fully saturated rings. The lowest BCUT2D eigenvalue weighted by Gasteiger charge is -2.18. The molecule has 0 saturated carbocycles. The molecule has 2 aromatic carbocycles. The van der Waals surface area contributed by atoms with Crippen LogP contribution in [0, 0.1) is 6.92 Å². The number of nitrogens with zero attached hydrogens (tertiary/aromatic N) is 1. The summed E-state index contributed by atoms with van der Waals surface area (Å²) in [7, 11) is -7.28. The van der Waals surface area contributed by atoms with Gasteiger partial charge < -0.3 is 9.47 Å². The lowest BCUT2D eigenvalue weighted by atomic mass is 10.2. The van der Waals surface area contributed by atoms with Crippen LogP contribution in [-0.4, -0.2) is 40.3 Å². The smallest absolute Gasteiger partial charge is 0.236 e. The summed E-state index contributed by atoms with van der Waals surface area (Å²) in [6, 6.07) is 8.91. The molecule has 0 amide bonds. The standard InChI is InChI=1S/C18H17NO6S2/c1-12-11-19(26(2,20)21)16-5-3-13(9-15(12)16)27(22,23)14-4-6-17-18(10-14)25-8-7-24-17/h3-6,9-11H,7-8H2,1-2H3. The Morgan fingerprint density at radius 1 is 0.889 bits per heavy atom. The Morgan fingerprint density at radius 3 is 2.22 bits per heavy atom. The number of ether oxygens (including phenoxy) is 2. The fourth-order valence-corrected chi connectivity index (χ4v) is 5.27. The fourth-order valence-electron chi connectivity index (χ4n) is 3.11. The summed E-state index contributed by atoms with van der Waals surface area (Å²) in [5, 5.41) is 0.569. The van der Waals surface area contributed by atoms with E-state index in [2.05, 4.69) is 0 Å². The van der Waals surface area contributed by atoms with Gasteiger partial charge in [0.1, 0.15) is 13.2 Å². The van der Waals surface area contributed by atoms with Crippen LogP contribution in [0.15, 0.2) is 52.4 Å². The van der Waals surface area contributed by atoms with Gasteiger partial charge in [0.2, 0.25) is 19.9 Å². The molecule has 0 unspecified atom stereocenters. The Morgan fingerprint density at radius 2 is 1.52 bits per heavy atom. The molecule has 0 saturated heterocycles. The Kier molecular flexibility index (Phi) is 3.97. The molecular formula is C18H17NO6S2. The van der Waals surface area contributed by atoms with Crippen LogP contribution >= 0.6 is 0 Å². The highest BCUT2D eigenvalue weighted by Crippen LogP contribution is 2.35. The molecule has 1 aromatic heterocycles. The maximum absolute atomic E-state index is 13.1. The Bertz CT molecular complexity index is 1270. The van der Waals surface area contributed by atoms with Crippen LogP contribution in [0.25, 0.3) is 10.9 Å². The Hall–Kier alpha value is -2.52. The van der Waals surface area contributed by atoms with Crippen LogP contribution in [-0.2, 0) is 19.9 Å². The average molecular weight is 407 g/mol. The minimum atomic E-state index is -3.80. The van der Waals surface area contributed by atoms with Gasteiger partial charge in [0.25, 0.3) is 0 Å². The van der Waals surface area contributed by atoms with E-state index in [9.17, 15) is 16.8 Å². The number of rotatable bonds is 3. The maximum atomic E-state index is 13.1. The van der Waals surface area contributed by atoms with E-state index in [0.29, 0.717) is 41.2 Å². The molecule has 1 aliphatic rings. The molecule has 2 heterocycles. The molecule has 4 rings (SSSR count). The van der Waals surface area contributed by atoms with Crippen molar-refractivity contribution >= 4 is 30.8 Å². The normalized spacial score (nSPS) is 14.4. The zero-order valence-corrected chi connectivity index (χ0v) is 16.3. The summed E-state index contributed by atoms with van der Waals surface area (Å²) in [6.45, 7) is 2.53. The van der Waals surface area contributed by atoms with Gasteiger partial charge in [-0.25, -0.2) is 20.8 Å². The van der Waals surface area contributed by atoms with Crippen LogP contribution in [0.2, 0.25) is 0 Å². The zero-order chi connectivity index (χ0) is 19.4. The van der Waals surface area contributed by atoms with E-state index in [1.54, 1.807) is 13.0 Å². The minimum Gasteiger partial charge on any atom is -0.486 e. The lowest BCUT2D eigenvalue weighted by Crippen LogP contribution is -2.15. The van der Waals surface area contributed by atoms with Gasteiger partial charge in [-0.3, -0.25) is 0 Å². The Balaban J connectivity index is 1.85. The third kappa shape index (κ3) is 2.96. The van der Waals surface area contributed by atoms with Crippen molar-refractivity contribution in [3.05, 3.63) is 48.2 Å². The number of aryl methyl sites for hydroxylation is 1. The van der Waals surface area contributed by atoms with Gasteiger partial charge in [-0.2, -0.15) is 0 Å². The van der Waals surface area contributed by atoms with Crippen molar-refractivity contribution in [2.45, 2.75) is 16.7 Å². The van der Waals surface area contributed by atoms with E-state index >= 15 is 0 Å². The van der Waals surface area contributed by atoms with Gasteiger partial charge >= 0.3 is 0 Å². The second kappa shape index (κ2) is 6.00. The van der Waals surface area contributed by atoms with Crippen molar-refractivity contribution in [3.8, 4) is 11.5 Å². The molecule has 0 aliphatic carbocycles. The first-order chi connectivity index (χ1) is 12.7. The lowest BCUT2D eigenvalue weighted by molar-refractivity contribution is 0.171. The van der Waals surface area contributed by atoms with Gasteiger partial charge in [0.05, 0.1) is 21.6 Å². The molecule has 0 radical (unpaired) electrons. The van der Waals surface area contributed by atoms with Gasteiger partial charge in [-0.1, -0.05) is 0 Å². The Labute approximate surface area is 157 Å². The molecule has 7 nitrogen and oxygen atoms in total. The van der Waals surface area contributed by atoms with Crippen molar-refractivity contribution in [2.75, 3.05) is 19.5 Å². The van der Waals surface area contributed by atoms with Crippen molar-refractivity contribution in [1.29, 1.82) is 0 Å². The topological polar surface area (TPSA) is 91.7 Å². The van der Waals surface area contributed by atoms with E-state index in [1.807, 2.05) is 0 Å². The zero-order valence-electron chi connectivity index (χ0n) is 14.7. The van der Waals surface area contributed by atoms with Crippen molar-refractivity contribution in [2.24, 2.45) is 0 Å². The summed E-state index contributed by atoms with van der Waals surface area (Å²) in [6.07, 6.45) is 2.59. The van der Waals surface area contributed by atoms with Crippen LogP contribution in [0.5, 0.6) is 11.5 Å². The maximum Gasteiger partial charge on any atom is 0.236 e. The number of aromatic nitrogens is 1. The second-order valence-electron chi connectivity index (χ2n) is 6.36. The number of hydrogen-bond donors (Lipinski definition) is 0. The van der Waals surface area contributed by atoms with Gasteiger partial charge in [-0.15, -0.1) is 0 Å². The van der Waals surface area contributed by atoms with E-state index in [1.165, 1.54) is 36.5 Å². The van der Waals surface area contributed by atoms with Crippen LogP contribution in [0.1, 0.15) is 5.56 Å².